The van der Waals surface area contributed by atoms with E-state index in [4.69, 9.17) is 9.15 Å². The van der Waals surface area contributed by atoms with Crippen molar-refractivity contribution < 1.29 is 19.2 Å². The standard InChI is InChI=1S/C16H12N2O6/c1-9-12(19)5-4-11-10(7-14(20)24-15(9)11)8-23-13-3-2-6-17-16(13)18(21)22/h2-7,19H,8H2,1H3. The maximum atomic E-state index is 11.7. The van der Waals surface area contributed by atoms with Gasteiger partial charge < -0.3 is 24.4 Å². The molecule has 0 aliphatic rings. The number of nitro groups is 1. The summed E-state index contributed by atoms with van der Waals surface area (Å²) in [5, 5.41) is 21.3. The average Bonchev–Trinajstić information content (AvgIpc) is 2.56. The Bertz CT molecular complexity index is 996. The van der Waals surface area contributed by atoms with Crippen molar-refractivity contribution in [2.24, 2.45) is 0 Å². The quantitative estimate of drug-likeness (QED) is 0.444. The van der Waals surface area contributed by atoms with Gasteiger partial charge in [-0.05, 0) is 41.1 Å². The molecule has 0 unspecified atom stereocenters. The van der Waals surface area contributed by atoms with Gasteiger partial charge in [0.05, 0.1) is 0 Å². The van der Waals surface area contributed by atoms with Gasteiger partial charge in [-0.15, -0.1) is 0 Å². The Hall–Kier alpha value is -3.42. The van der Waals surface area contributed by atoms with Crippen LogP contribution >= 0.6 is 0 Å². The summed E-state index contributed by atoms with van der Waals surface area (Å²) in [6.07, 6.45) is 1.30. The predicted octanol–water partition coefficient (Wildman–Crippen LogP) is 2.69. The van der Waals surface area contributed by atoms with Crippen molar-refractivity contribution in [1.29, 1.82) is 0 Å². The van der Waals surface area contributed by atoms with Crippen LogP contribution in [-0.4, -0.2) is 15.0 Å². The first-order chi connectivity index (χ1) is 11.5. The van der Waals surface area contributed by atoms with Crippen molar-refractivity contribution in [3.8, 4) is 11.5 Å². The van der Waals surface area contributed by atoms with Crippen LogP contribution in [0.15, 0.2) is 45.7 Å². The van der Waals surface area contributed by atoms with Crippen LogP contribution in [0, 0.1) is 17.0 Å². The van der Waals surface area contributed by atoms with Gasteiger partial charge in [0.2, 0.25) is 5.75 Å². The molecule has 2 aromatic heterocycles. The zero-order chi connectivity index (χ0) is 17.3. The fraction of sp³-hybridized carbons (Fsp3) is 0.125. The van der Waals surface area contributed by atoms with Crippen LogP contribution in [0.3, 0.4) is 0 Å². The van der Waals surface area contributed by atoms with E-state index in [1.807, 2.05) is 0 Å². The molecule has 0 saturated carbocycles. The molecule has 0 fully saturated rings. The summed E-state index contributed by atoms with van der Waals surface area (Å²) in [5.74, 6) is -0.399. The van der Waals surface area contributed by atoms with Crippen LogP contribution in [0.1, 0.15) is 11.1 Å². The zero-order valence-electron chi connectivity index (χ0n) is 12.6. The van der Waals surface area contributed by atoms with E-state index < -0.39 is 16.4 Å². The molecule has 0 amide bonds. The molecule has 0 bridgehead atoms. The fourth-order valence-corrected chi connectivity index (χ4v) is 2.32. The highest BCUT2D eigenvalue weighted by molar-refractivity contribution is 5.84. The maximum absolute atomic E-state index is 11.7. The molecule has 1 N–H and O–H groups in total. The van der Waals surface area contributed by atoms with Gasteiger partial charge in [-0.1, -0.05) is 0 Å². The Kier molecular flexibility index (Phi) is 3.87. The Morgan fingerprint density at radius 1 is 1.38 bits per heavy atom. The van der Waals surface area contributed by atoms with Crippen LogP contribution < -0.4 is 10.4 Å². The number of hydrogen-bond acceptors (Lipinski definition) is 7. The van der Waals surface area contributed by atoms with Crippen LogP contribution in [-0.2, 0) is 6.61 Å². The molecule has 8 heteroatoms. The first kappa shape index (κ1) is 15.5. The number of aromatic hydroxyl groups is 1. The third-order valence-electron chi connectivity index (χ3n) is 3.52. The lowest BCUT2D eigenvalue weighted by Gasteiger charge is -2.09. The molecule has 8 nitrogen and oxygen atoms in total. The first-order valence-electron chi connectivity index (χ1n) is 6.95. The van der Waals surface area contributed by atoms with E-state index >= 15 is 0 Å². The van der Waals surface area contributed by atoms with Crippen molar-refractivity contribution in [3.05, 3.63) is 68.2 Å². The summed E-state index contributed by atoms with van der Waals surface area (Å²) >= 11 is 0. The number of hydrogen-bond donors (Lipinski definition) is 1. The number of aromatic nitrogens is 1. The molecule has 3 rings (SSSR count). The van der Waals surface area contributed by atoms with Crippen molar-refractivity contribution in [1.82, 2.24) is 4.98 Å². The minimum Gasteiger partial charge on any atom is -0.508 e. The zero-order valence-corrected chi connectivity index (χ0v) is 12.6. The molecule has 0 saturated heterocycles. The third-order valence-corrected chi connectivity index (χ3v) is 3.52. The van der Waals surface area contributed by atoms with Gasteiger partial charge in [-0.25, -0.2) is 4.79 Å². The average molecular weight is 328 g/mol. The lowest BCUT2D eigenvalue weighted by atomic mass is 10.1. The smallest absolute Gasteiger partial charge is 0.406 e. The van der Waals surface area contributed by atoms with Crippen LogP contribution in [0.2, 0.25) is 0 Å². The van der Waals surface area contributed by atoms with Crippen LogP contribution in [0.4, 0.5) is 5.82 Å². The second-order valence-electron chi connectivity index (χ2n) is 5.05. The van der Waals surface area contributed by atoms with E-state index in [0.29, 0.717) is 16.5 Å². The topological polar surface area (TPSA) is 116 Å². The maximum Gasteiger partial charge on any atom is 0.406 e. The monoisotopic (exact) mass is 328 g/mol. The van der Waals surface area contributed by atoms with Gasteiger partial charge in [-0.2, -0.15) is 0 Å². The Morgan fingerprint density at radius 2 is 2.17 bits per heavy atom. The molecule has 0 aliphatic carbocycles. The van der Waals surface area contributed by atoms with Gasteiger partial charge in [0, 0.05) is 22.6 Å². The van der Waals surface area contributed by atoms with E-state index in [0.717, 1.165) is 0 Å². The Labute approximate surface area is 135 Å². The van der Waals surface area contributed by atoms with E-state index in [9.17, 15) is 20.0 Å². The number of nitrogens with zero attached hydrogens (tertiary/aromatic N) is 2. The molecule has 3 aromatic rings. The minimum atomic E-state index is -0.644. The number of benzene rings is 1. The molecule has 0 aliphatic heterocycles. The molecule has 0 spiro atoms. The highest BCUT2D eigenvalue weighted by Crippen LogP contribution is 2.29. The summed E-state index contributed by atoms with van der Waals surface area (Å²) < 4.78 is 10.6. The molecule has 2 heterocycles. The summed E-state index contributed by atoms with van der Waals surface area (Å²) in [7, 11) is 0. The Balaban J connectivity index is 2.01. The van der Waals surface area contributed by atoms with Crippen molar-refractivity contribution in [2.45, 2.75) is 13.5 Å². The summed E-state index contributed by atoms with van der Waals surface area (Å²) in [4.78, 5) is 25.7. The summed E-state index contributed by atoms with van der Waals surface area (Å²) in [6.45, 7) is 1.54. The number of fused-ring (bicyclic) bond motifs is 1. The van der Waals surface area contributed by atoms with Gasteiger partial charge >= 0.3 is 11.4 Å². The lowest BCUT2D eigenvalue weighted by molar-refractivity contribution is -0.390. The summed E-state index contributed by atoms with van der Waals surface area (Å²) in [6, 6.07) is 7.27. The fourth-order valence-electron chi connectivity index (χ4n) is 2.32. The normalized spacial score (nSPS) is 10.7. The molecule has 0 radical (unpaired) electrons. The number of pyridine rings is 1. The largest absolute Gasteiger partial charge is 0.508 e. The second kappa shape index (κ2) is 5.99. The third kappa shape index (κ3) is 2.76. The molecule has 1 aromatic carbocycles. The first-order valence-corrected chi connectivity index (χ1v) is 6.95. The molecule has 24 heavy (non-hydrogen) atoms. The van der Waals surface area contributed by atoms with Gasteiger partial charge in [0.1, 0.15) is 24.1 Å². The number of rotatable bonds is 4. The van der Waals surface area contributed by atoms with E-state index in [1.54, 1.807) is 13.0 Å². The molecule has 122 valence electrons. The Morgan fingerprint density at radius 3 is 2.92 bits per heavy atom. The van der Waals surface area contributed by atoms with E-state index in [2.05, 4.69) is 4.98 Å². The molecule has 0 atom stereocenters. The van der Waals surface area contributed by atoms with Gasteiger partial charge in [0.15, 0.2) is 0 Å². The number of ether oxygens (including phenoxy) is 1. The van der Waals surface area contributed by atoms with Crippen molar-refractivity contribution in [3.63, 3.8) is 0 Å². The lowest BCUT2D eigenvalue weighted by Crippen LogP contribution is -2.06. The van der Waals surface area contributed by atoms with E-state index in [1.165, 1.54) is 30.5 Å². The predicted molar refractivity (Wildman–Crippen MR) is 84.1 cm³/mol. The second-order valence-corrected chi connectivity index (χ2v) is 5.05. The highest BCUT2D eigenvalue weighted by Gasteiger charge is 2.17. The molecular formula is C16H12N2O6. The van der Waals surface area contributed by atoms with E-state index in [-0.39, 0.29) is 23.7 Å². The number of phenolic OH excluding ortho intramolecular Hbond substituents is 1. The van der Waals surface area contributed by atoms with Gasteiger partial charge in [-0.3, -0.25) is 0 Å². The van der Waals surface area contributed by atoms with Crippen molar-refractivity contribution in [2.75, 3.05) is 0 Å². The minimum absolute atomic E-state index is 0.000564. The number of phenols is 1. The van der Waals surface area contributed by atoms with Gasteiger partial charge in [0.25, 0.3) is 0 Å². The summed E-state index contributed by atoms with van der Waals surface area (Å²) in [5.41, 5.74) is 0.568. The SMILES string of the molecule is Cc1c(O)ccc2c(COc3cccnc3[N+](=O)[O-])cc(=O)oc12. The highest BCUT2D eigenvalue weighted by atomic mass is 16.6. The molecular weight excluding hydrogens is 316 g/mol. The van der Waals surface area contributed by atoms with Crippen molar-refractivity contribution >= 4 is 16.8 Å². The number of aryl methyl sites for hydroxylation is 1. The van der Waals surface area contributed by atoms with Crippen LogP contribution in [0.25, 0.3) is 11.0 Å². The van der Waals surface area contributed by atoms with Crippen LogP contribution in [0.5, 0.6) is 11.5 Å².